The van der Waals surface area contributed by atoms with Gasteiger partial charge in [0.1, 0.15) is 0 Å². The highest BCUT2D eigenvalue weighted by Crippen LogP contribution is 2.31. The van der Waals surface area contributed by atoms with Gasteiger partial charge in [-0.05, 0) is 37.4 Å². The van der Waals surface area contributed by atoms with Crippen molar-refractivity contribution in [2.24, 2.45) is 0 Å². The second-order valence-corrected chi connectivity index (χ2v) is 4.49. The zero-order chi connectivity index (χ0) is 11.4. The lowest BCUT2D eigenvalue weighted by Gasteiger charge is -2.37. The first-order chi connectivity index (χ1) is 7.80. The van der Waals surface area contributed by atoms with Crippen molar-refractivity contribution < 1.29 is 4.74 Å². The van der Waals surface area contributed by atoms with Gasteiger partial charge in [-0.1, -0.05) is 31.2 Å². The largest absolute Gasteiger partial charge is 0.381 e. The van der Waals surface area contributed by atoms with Crippen LogP contribution in [-0.2, 0) is 16.7 Å². The van der Waals surface area contributed by atoms with Crippen molar-refractivity contribution in [3.05, 3.63) is 35.4 Å². The highest BCUT2D eigenvalue weighted by atomic mass is 16.5. The number of hydrogen-bond donors (Lipinski definition) is 1. The van der Waals surface area contributed by atoms with Crippen LogP contribution in [-0.4, -0.2) is 20.3 Å². The Labute approximate surface area is 98.0 Å². The molecule has 1 aromatic carbocycles. The topological polar surface area (TPSA) is 21.3 Å². The molecule has 1 aromatic rings. The predicted octanol–water partition coefficient (Wildman–Crippen LogP) is 2.47. The van der Waals surface area contributed by atoms with Crippen LogP contribution in [0.1, 0.15) is 30.9 Å². The minimum absolute atomic E-state index is 0.129. The maximum absolute atomic E-state index is 5.45. The van der Waals surface area contributed by atoms with E-state index in [1.807, 2.05) is 0 Å². The molecule has 0 amide bonds. The minimum Gasteiger partial charge on any atom is -0.381 e. The third-order valence-corrected chi connectivity index (χ3v) is 3.74. The Morgan fingerprint density at radius 2 is 1.81 bits per heavy atom. The van der Waals surface area contributed by atoms with Crippen LogP contribution in [0.5, 0.6) is 0 Å². The Morgan fingerprint density at radius 3 is 2.31 bits per heavy atom. The van der Waals surface area contributed by atoms with Gasteiger partial charge in [-0.15, -0.1) is 0 Å². The number of nitrogens with one attached hydrogen (secondary N) is 1. The molecule has 1 saturated heterocycles. The van der Waals surface area contributed by atoms with Crippen LogP contribution in [0.2, 0.25) is 0 Å². The van der Waals surface area contributed by atoms with Crippen LogP contribution in [0.15, 0.2) is 24.3 Å². The molecule has 2 nitrogen and oxygen atoms in total. The van der Waals surface area contributed by atoms with Gasteiger partial charge < -0.3 is 10.1 Å². The zero-order valence-electron chi connectivity index (χ0n) is 10.3. The first-order valence-corrected chi connectivity index (χ1v) is 6.17. The fourth-order valence-corrected chi connectivity index (χ4v) is 2.46. The van der Waals surface area contributed by atoms with Gasteiger partial charge in [0, 0.05) is 18.8 Å². The number of aryl methyl sites for hydroxylation is 1. The second-order valence-electron chi connectivity index (χ2n) is 4.49. The third kappa shape index (κ3) is 2.13. The molecule has 0 radical (unpaired) electrons. The zero-order valence-corrected chi connectivity index (χ0v) is 10.3. The van der Waals surface area contributed by atoms with E-state index in [0.29, 0.717) is 0 Å². The Bertz CT molecular complexity index is 325. The van der Waals surface area contributed by atoms with Gasteiger partial charge in [-0.3, -0.25) is 0 Å². The van der Waals surface area contributed by atoms with Crippen LogP contribution in [0.3, 0.4) is 0 Å². The summed E-state index contributed by atoms with van der Waals surface area (Å²) in [6, 6.07) is 9.01. The lowest BCUT2D eigenvalue weighted by atomic mass is 9.82. The molecule has 2 rings (SSSR count). The predicted molar refractivity (Wildman–Crippen MR) is 66.6 cm³/mol. The number of rotatable bonds is 3. The highest BCUT2D eigenvalue weighted by Gasteiger charge is 2.32. The molecule has 88 valence electrons. The molecule has 0 unspecified atom stereocenters. The van der Waals surface area contributed by atoms with Crippen molar-refractivity contribution >= 4 is 0 Å². The van der Waals surface area contributed by atoms with E-state index < -0.39 is 0 Å². The molecule has 0 aliphatic carbocycles. The summed E-state index contributed by atoms with van der Waals surface area (Å²) in [6.07, 6.45) is 3.24. The minimum atomic E-state index is 0.129. The molecule has 1 N–H and O–H groups in total. The molecule has 1 aliphatic rings. The van der Waals surface area contributed by atoms with Gasteiger partial charge >= 0.3 is 0 Å². The molecule has 0 saturated carbocycles. The summed E-state index contributed by atoms with van der Waals surface area (Å²) in [6.45, 7) is 3.91. The van der Waals surface area contributed by atoms with Gasteiger partial charge in [0.15, 0.2) is 0 Å². The second kappa shape index (κ2) is 4.98. The molecule has 1 heterocycles. The van der Waals surface area contributed by atoms with Crippen LogP contribution >= 0.6 is 0 Å². The smallest absolute Gasteiger partial charge is 0.0486 e. The van der Waals surface area contributed by atoms with Crippen LogP contribution in [0.25, 0.3) is 0 Å². The van der Waals surface area contributed by atoms with Gasteiger partial charge in [0.2, 0.25) is 0 Å². The maximum Gasteiger partial charge on any atom is 0.0486 e. The lowest BCUT2D eigenvalue weighted by Crippen LogP contribution is -2.44. The van der Waals surface area contributed by atoms with Crippen molar-refractivity contribution in [2.45, 2.75) is 31.7 Å². The fraction of sp³-hybridized carbons (Fsp3) is 0.571. The van der Waals surface area contributed by atoms with Crippen LogP contribution in [0.4, 0.5) is 0 Å². The summed E-state index contributed by atoms with van der Waals surface area (Å²) in [7, 11) is 2.05. The molecule has 1 fully saturated rings. The summed E-state index contributed by atoms with van der Waals surface area (Å²) in [5.41, 5.74) is 2.93. The maximum atomic E-state index is 5.45. The van der Waals surface area contributed by atoms with E-state index in [-0.39, 0.29) is 5.54 Å². The fourth-order valence-electron chi connectivity index (χ4n) is 2.46. The van der Waals surface area contributed by atoms with Crippen LogP contribution < -0.4 is 5.32 Å². The van der Waals surface area contributed by atoms with Crippen molar-refractivity contribution in [3.8, 4) is 0 Å². The number of ether oxygens (including phenoxy) is 1. The standard InChI is InChI=1S/C14H21NO/c1-3-12-4-6-13(7-5-12)14(15-2)8-10-16-11-9-14/h4-7,15H,3,8-11H2,1-2H3. The molecular weight excluding hydrogens is 198 g/mol. The lowest BCUT2D eigenvalue weighted by molar-refractivity contribution is 0.0398. The first kappa shape index (κ1) is 11.6. The van der Waals surface area contributed by atoms with Crippen molar-refractivity contribution in [2.75, 3.05) is 20.3 Å². The molecule has 16 heavy (non-hydrogen) atoms. The Morgan fingerprint density at radius 1 is 1.19 bits per heavy atom. The van der Waals surface area contributed by atoms with E-state index in [9.17, 15) is 0 Å². The van der Waals surface area contributed by atoms with Crippen molar-refractivity contribution in [1.29, 1.82) is 0 Å². The Hall–Kier alpha value is -0.860. The van der Waals surface area contributed by atoms with E-state index in [4.69, 9.17) is 4.74 Å². The van der Waals surface area contributed by atoms with Crippen molar-refractivity contribution in [3.63, 3.8) is 0 Å². The summed E-state index contributed by atoms with van der Waals surface area (Å²) in [4.78, 5) is 0. The monoisotopic (exact) mass is 219 g/mol. The van der Waals surface area contributed by atoms with E-state index in [0.717, 1.165) is 32.5 Å². The van der Waals surface area contributed by atoms with Gasteiger partial charge in [0.25, 0.3) is 0 Å². The average molecular weight is 219 g/mol. The number of benzene rings is 1. The van der Waals surface area contributed by atoms with Crippen LogP contribution in [0, 0.1) is 0 Å². The van der Waals surface area contributed by atoms with E-state index in [1.165, 1.54) is 11.1 Å². The van der Waals surface area contributed by atoms with E-state index in [1.54, 1.807) is 0 Å². The molecular formula is C14H21NO. The van der Waals surface area contributed by atoms with Gasteiger partial charge in [0.05, 0.1) is 0 Å². The molecule has 0 bridgehead atoms. The highest BCUT2D eigenvalue weighted by molar-refractivity contribution is 5.29. The molecule has 0 spiro atoms. The average Bonchev–Trinajstić information content (AvgIpc) is 2.39. The summed E-state index contributed by atoms with van der Waals surface area (Å²) in [5, 5.41) is 3.49. The summed E-state index contributed by atoms with van der Waals surface area (Å²) >= 11 is 0. The van der Waals surface area contributed by atoms with Gasteiger partial charge in [-0.2, -0.15) is 0 Å². The first-order valence-electron chi connectivity index (χ1n) is 6.17. The third-order valence-electron chi connectivity index (χ3n) is 3.74. The molecule has 0 atom stereocenters. The Kier molecular flexibility index (Phi) is 3.62. The van der Waals surface area contributed by atoms with Gasteiger partial charge in [-0.25, -0.2) is 0 Å². The van der Waals surface area contributed by atoms with E-state index in [2.05, 4.69) is 43.6 Å². The number of hydrogen-bond acceptors (Lipinski definition) is 2. The van der Waals surface area contributed by atoms with E-state index >= 15 is 0 Å². The van der Waals surface area contributed by atoms with Crippen molar-refractivity contribution in [1.82, 2.24) is 5.32 Å². The summed E-state index contributed by atoms with van der Waals surface area (Å²) < 4.78 is 5.45. The quantitative estimate of drug-likeness (QED) is 0.843. The molecule has 0 aromatic heterocycles. The normalized spacial score (nSPS) is 19.6. The summed E-state index contributed by atoms with van der Waals surface area (Å²) in [5.74, 6) is 0. The Balaban J connectivity index is 2.24. The molecule has 1 aliphatic heterocycles. The molecule has 2 heteroatoms. The SMILES string of the molecule is CCc1ccc(C2(NC)CCOCC2)cc1.